The van der Waals surface area contributed by atoms with E-state index in [1.807, 2.05) is 89.9 Å². The molecule has 1 fully saturated rings. The molecule has 1 unspecified atom stereocenters. The minimum Gasteiger partial charge on any atom is -0.477 e. The van der Waals surface area contributed by atoms with Crippen molar-refractivity contribution in [1.29, 1.82) is 0 Å². The van der Waals surface area contributed by atoms with Crippen molar-refractivity contribution in [2.45, 2.75) is 64.4 Å². The first-order chi connectivity index (χ1) is 31.1. The number of amides is 2. The summed E-state index contributed by atoms with van der Waals surface area (Å²) in [7, 11) is 0. The fourth-order valence-electron chi connectivity index (χ4n) is 7.62. The Morgan fingerprint density at radius 1 is 0.938 bits per heavy atom. The number of rotatable bonds is 19. The van der Waals surface area contributed by atoms with Crippen LogP contribution in [0, 0.1) is 5.82 Å². The molecule has 16 nitrogen and oxygen atoms in total. The number of ether oxygens (including phenoxy) is 2. The molecule has 0 spiro atoms. The first kappa shape index (κ1) is 45.2. The maximum atomic E-state index is 15.4. The number of carboxylic acid groups (broad SMARTS) is 1. The quantitative estimate of drug-likeness (QED) is 0.0611. The van der Waals surface area contributed by atoms with Gasteiger partial charge in [0.15, 0.2) is 0 Å². The molecule has 18 heteroatoms. The molecule has 64 heavy (non-hydrogen) atoms. The predicted molar refractivity (Wildman–Crippen MR) is 242 cm³/mol. The van der Waals surface area contributed by atoms with Crippen LogP contribution in [0.15, 0.2) is 101 Å². The normalized spacial score (nSPS) is 13.7. The number of hydrogen-bond acceptors (Lipinski definition) is 12. The SMILES string of the molecule is CCn1cc(C(=O)O)c(=O)c2cc(F)c(N3CCN(C(=O)OCc4ccc(NC[C@@H](CCCCN)n5cc(C(Cc6cccs6)NC(=O)OCc6ccccc6)nn5)cc4)CC3)cc21. The third-order valence-corrected chi connectivity index (χ3v) is 12.1. The molecule has 3 aromatic carbocycles. The number of hydrogen-bond donors (Lipinski definition) is 4. The minimum absolute atomic E-state index is 0.00214. The second-order valence-electron chi connectivity index (χ2n) is 15.5. The van der Waals surface area contributed by atoms with Crippen LogP contribution in [-0.2, 0) is 35.7 Å². The highest BCUT2D eigenvalue weighted by Crippen LogP contribution is 2.27. The van der Waals surface area contributed by atoms with Crippen molar-refractivity contribution < 1.29 is 33.4 Å². The van der Waals surface area contributed by atoms with Crippen molar-refractivity contribution in [2.75, 3.05) is 49.5 Å². The van der Waals surface area contributed by atoms with Crippen LogP contribution < -0.4 is 26.7 Å². The number of halogens is 1. The number of pyridine rings is 1. The topological polar surface area (TPSA) is 199 Å². The van der Waals surface area contributed by atoms with Crippen molar-refractivity contribution in [3.05, 3.63) is 140 Å². The van der Waals surface area contributed by atoms with E-state index in [2.05, 4.69) is 20.9 Å². The molecule has 4 heterocycles. The Hall–Kier alpha value is -6.79. The van der Waals surface area contributed by atoms with Gasteiger partial charge in [0.25, 0.3) is 0 Å². The first-order valence-corrected chi connectivity index (χ1v) is 22.2. The summed E-state index contributed by atoms with van der Waals surface area (Å²) in [6.07, 6.45) is 5.22. The Balaban J connectivity index is 0.919. The number of unbranched alkanes of at least 4 members (excludes halogenated alkanes) is 1. The van der Waals surface area contributed by atoms with Gasteiger partial charge in [-0.05, 0) is 79.6 Å². The van der Waals surface area contributed by atoms with Crippen molar-refractivity contribution in [3.63, 3.8) is 0 Å². The van der Waals surface area contributed by atoms with Gasteiger partial charge in [-0.3, -0.25) is 4.79 Å². The number of fused-ring (bicyclic) bond motifs is 1. The second-order valence-corrected chi connectivity index (χ2v) is 16.5. The Labute approximate surface area is 373 Å². The number of aryl methyl sites for hydroxylation is 1. The Morgan fingerprint density at radius 3 is 2.39 bits per heavy atom. The summed E-state index contributed by atoms with van der Waals surface area (Å²) in [5.74, 6) is -2.00. The zero-order chi connectivity index (χ0) is 45.0. The number of carbonyl (C=O) groups excluding carboxylic acids is 2. The summed E-state index contributed by atoms with van der Waals surface area (Å²) >= 11 is 1.60. The second kappa shape index (κ2) is 21.5. The lowest BCUT2D eigenvalue weighted by molar-refractivity contribution is 0.0694. The average Bonchev–Trinajstić information content (AvgIpc) is 4.03. The van der Waals surface area contributed by atoms with Gasteiger partial charge in [-0.15, -0.1) is 16.4 Å². The molecule has 2 amide bonds. The molecular formula is C46H52FN9O7S. The number of nitrogens with one attached hydrogen (secondary N) is 2. The van der Waals surface area contributed by atoms with E-state index >= 15 is 4.39 Å². The largest absolute Gasteiger partial charge is 0.477 e. The third-order valence-electron chi connectivity index (χ3n) is 11.2. The lowest BCUT2D eigenvalue weighted by atomic mass is 10.1. The summed E-state index contributed by atoms with van der Waals surface area (Å²) < 4.78 is 30.0. The van der Waals surface area contributed by atoms with E-state index in [0.29, 0.717) is 63.4 Å². The molecular weight excluding hydrogens is 842 g/mol. The van der Waals surface area contributed by atoms with Crippen LogP contribution in [-0.4, -0.2) is 87.0 Å². The van der Waals surface area contributed by atoms with Crippen molar-refractivity contribution in [2.24, 2.45) is 5.73 Å². The number of carbonyl (C=O) groups is 3. The molecule has 336 valence electrons. The minimum atomic E-state index is -1.36. The van der Waals surface area contributed by atoms with Crippen LogP contribution in [0.4, 0.5) is 25.4 Å². The van der Waals surface area contributed by atoms with Gasteiger partial charge in [0.2, 0.25) is 5.43 Å². The number of alkyl carbamates (subject to hydrolysis) is 1. The molecule has 0 saturated carbocycles. The van der Waals surface area contributed by atoms with E-state index in [1.54, 1.807) is 31.8 Å². The van der Waals surface area contributed by atoms with Crippen LogP contribution in [0.3, 0.4) is 0 Å². The number of aromatic nitrogens is 4. The number of nitrogens with two attached hydrogens (primary N) is 1. The molecule has 3 aromatic heterocycles. The van der Waals surface area contributed by atoms with Crippen LogP contribution in [0.1, 0.15) is 70.3 Å². The molecule has 0 radical (unpaired) electrons. The zero-order valence-electron chi connectivity index (χ0n) is 35.5. The standard InChI is InChI=1S/C46H52FN9O7S/c1-2-53-27-37(44(58)59)43(57)36-24-38(47)42(25-41(36)53)54-18-20-55(21-19-54)46(61)63-30-32-13-15-33(16-14-32)49-26-34(11-6-7-17-48)56-28-40(51-52-56)39(23-35-12-8-22-64-35)50-45(60)62-29-31-9-4-3-5-10-31/h3-5,8-10,12-16,22,24-25,27-28,34,39,49H,2,6-7,11,17-21,23,26,29-30,48H2,1H3,(H,50,60)(H,58,59)/t34-,39?/m1/s1. The first-order valence-electron chi connectivity index (χ1n) is 21.3. The fourth-order valence-corrected chi connectivity index (χ4v) is 8.38. The molecule has 1 aliphatic heterocycles. The Bertz CT molecular complexity index is 2560. The fraction of sp³-hybridized carbons (Fsp3) is 0.348. The third kappa shape index (κ3) is 11.4. The summed E-state index contributed by atoms with van der Waals surface area (Å²) in [4.78, 5) is 54.9. The van der Waals surface area contributed by atoms with Gasteiger partial charge < -0.3 is 45.3 Å². The number of benzene rings is 3. The number of carboxylic acids is 1. The van der Waals surface area contributed by atoms with Crippen molar-refractivity contribution in [1.82, 2.24) is 29.8 Å². The van der Waals surface area contributed by atoms with Gasteiger partial charge >= 0.3 is 18.2 Å². The van der Waals surface area contributed by atoms with Crippen LogP contribution in [0.25, 0.3) is 10.9 Å². The predicted octanol–water partition coefficient (Wildman–Crippen LogP) is 6.96. The summed E-state index contributed by atoms with van der Waals surface area (Å²) in [5.41, 5.74) is 8.58. The van der Waals surface area contributed by atoms with Gasteiger partial charge in [0.05, 0.1) is 29.5 Å². The van der Waals surface area contributed by atoms with Gasteiger partial charge in [-0.1, -0.05) is 53.7 Å². The number of anilines is 2. The summed E-state index contributed by atoms with van der Waals surface area (Å²) in [6.45, 7) is 4.80. The Kier molecular flexibility index (Phi) is 15.2. The Morgan fingerprint density at radius 2 is 1.69 bits per heavy atom. The lowest BCUT2D eigenvalue weighted by Crippen LogP contribution is -2.49. The van der Waals surface area contributed by atoms with E-state index in [0.717, 1.165) is 47.0 Å². The van der Waals surface area contributed by atoms with Gasteiger partial charge in [0.1, 0.15) is 30.3 Å². The zero-order valence-corrected chi connectivity index (χ0v) is 36.3. The van der Waals surface area contributed by atoms with Gasteiger partial charge in [-0.25, -0.2) is 23.5 Å². The van der Waals surface area contributed by atoms with E-state index in [9.17, 15) is 24.3 Å². The van der Waals surface area contributed by atoms with Gasteiger partial charge in [-0.2, -0.15) is 0 Å². The highest BCUT2D eigenvalue weighted by molar-refractivity contribution is 7.09. The highest BCUT2D eigenvalue weighted by atomic mass is 32.1. The molecule has 1 aliphatic rings. The van der Waals surface area contributed by atoms with Crippen LogP contribution in [0.2, 0.25) is 0 Å². The molecule has 7 rings (SSSR count). The van der Waals surface area contributed by atoms with E-state index in [1.165, 1.54) is 6.20 Å². The molecule has 1 saturated heterocycles. The van der Waals surface area contributed by atoms with Crippen molar-refractivity contribution >= 4 is 51.8 Å². The molecule has 0 bridgehead atoms. The van der Waals surface area contributed by atoms with E-state index < -0.39 is 41.0 Å². The number of piperazine rings is 1. The van der Waals surface area contributed by atoms with Gasteiger partial charge in [0, 0.05) is 67.8 Å². The maximum absolute atomic E-state index is 15.4. The molecule has 6 aromatic rings. The van der Waals surface area contributed by atoms with E-state index in [4.69, 9.17) is 15.2 Å². The maximum Gasteiger partial charge on any atom is 0.410 e. The molecule has 0 aliphatic carbocycles. The molecule has 2 atom stereocenters. The van der Waals surface area contributed by atoms with E-state index in [-0.39, 0.29) is 30.3 Å². The van der Waals surface area contributed by atoms with Crippen molar-refractivity contribution in [3.8, 4) is 0 Å². The number of thiophene rings is 1. The van der Waals surface area contributed by atoms with Crippen LogP contribution in [0.5, 0.6) is 0 Å². The number of nitrogens with zero attached hydrogens (tertiary/aromatic N) is 6. The lowest BCUT2D eigenvalue weighted by Gasteiger charge is -2.35. The average molecular weight is 894 g/mol. The molecule has 5 N–H and O–H groups in total. The van der Waals surface area contributed by atoms with Crippen LogP contribution >= 0.6 is 11.3 Å². The smallest absolute Gasteiger partial charge is 0.410 e. The highest BCUT2D eigenvalue weighted by Gasteiger charge is 2.26. The summed E-state index contributed by atoms with van der Waals surface area (Å²) in [6, 6.07) is 23.3. The number of aromatic carboxylic acids is 1. The summed E-state index contributed by atoms with van der Waals surface area (Å²) in [5, 5.41) is 27.0. The monoisotopic (exact) mass is 893 g/mol.